The lowest BCUT2D eigenvalue weighted by atomic mass is 9.76. The molecular formula is C21H19Cl2F3N2O. The Morgan fingerprint density at radius 2 is 1.76 bits per heavy atom. The van der Waals surface area contributed by atoms with Gasteiger partial charge in [0.05, 0.1) is 6.54 Å². The Bertz CT molecular complexity index is 922. The topological polar surface area (TPSA) is 41.5 Å². The third-order valence-electron chi connectivity index (χ3n) is 5.04. The van der Waals surface area contributed by atoms with Gasteiger partial charge in [-0.3, -0.25) is 9.79 Å². The fourth-order valence-corrected chi connectivity index (χ4v) is 3.97. The van der Waals surface area contributed by atoms with Gasteiger partial charge in [0.15, 0.2) is 0 Å². The minimum absolute atomic E-state index is 0.0215. The second-order valence-electron chi connectivity index (χ2n) is 7.11. The van der Waals surface area contributed by atoms with E-state index in [9.17, 15) is 18.0 Å². The van der Waals surface area contributed by atoms with E-state index in [2.05, 4.69) is 10.3 Å². The van der Waals surface area contributed by atoms with Crippen LogP contribution in [0.25, 0.3) is 0 Å². The largest absolute Gasteiger partial charge is 0.400 e. The molecule has 3 rings (SSSR count). The van der Waals surface area contributed by atoms with E-state index in [4.69, 9.17) is 23.2 Å². The van der Waals surface area contributed by atoms with Crippen molar-refractivity contribution in [3.63, 3.8) is 0 Å². The van der Waals surface area contributed by atoms with Gasteiger partial charge in [0.1, 0.15) is 5.41 Å². The summed E-state index contributed by atoms with van der Waals surface area (Å²) < 4.78 is 42.4. The van der Waals surface area contributed by atoms with Gasteiger partial charge in [-0.15, -0.1) is 0 Å². The van der Waals surface area contributed by atoms with E-state index in [-0.39, 0.29) is 27.9 Å². The van der Waals surface area contributed by atoms with Crippen molar-refractivity contribution < 1.29 is 18.0 Å². The van der Waals surface area contributed by atoms with Crippen LogP contribution >= 0.6 is 23.2 Å². The first-order valence-corrected chi connectivity index (χ1v) is 9.77. The Morgan fingerprint density at radius 3 is 2.31 bits per heavy atom. The standard InChI is InChI=1S/C21H19Cl2F3N2O/c1-13(29)27-7-6-14-2-4-15(5-3-14)19-11-20(12-28-19,21(24,25)26)16-8-17(22)10-18(23)9-16/h2-5,8-10H,6-7,11-12H2,1H3,(H,27,29). The zero-order chi connectivity index (χ0) is 21.2. The Morgan fingerprint density at radius 1 is 1.14 bits per heavy atom. The van der Waals surface area contributed by atoms with E-state index < -0.39 is 18.1 Å². The van der Waals surface area contributed by atoms with Gasteiger partial charge in [0.25, 0.3) is 0 Å². The Labute approximate surface area is 176 Å². The number of nitrogens with zero attached hydrogens (tertiary/aromatic N) is 1. The summed E-state index contributed by atoms with van der Waals surface area (Å²) >= 11 is 11.9. The zero-order valence-corrected chi connectivity index (χ0v) is 17.1. The monoisotopic (exact) mass is 442 g/mol. The van der Waals surface area contributed by atoms with Crippen LogP contribution in [-0.4, -0.2) is 30.9 Å². The number of hydrogen-bond acceptors (Lipinski definition) is 2. The van der Waals surface area contributed by atoms with Crippen molar-refractivity contribution in [1.29, 1.82) is 0 Å². The normalized spacial score (nSPS) is 19.2. The molecule has 1 amide bonds. The zero-order valence-electron chi connectivity index (χ0n) is 15.6. The number of nitrogens with one attached hydrogen (secondary N) is 1. The van der Waals surface area contributed by atoms with Gasteiger partial charge in [0.2, 0.25) is 5.91 Å². The summed E-state index contributed by atoms with van der Waals surface area (Å²) in [7, 11) is 0. The lowest BCUT2D eigenvalue weighted by molar-refractivity contribution is -0.183. The molecule has 1 unspecified atom stereocenters. The van der Waals surface area contributed by atoms with Gasteiger partial charge >= 0.3 is 6.18 Å². The molecule has 3 nitrogen and oxygen atoms in total. The van der Waals surface area contributed by atoms with Crippen LogP contribution in [0, 0.1) is 0 Å². The second kappa shape index (κ2) is 8.36. The van der Waals surface area contributed by atoms with E-state index in [1.165, 1.54) is 25.1 Å². The molecule has 1 N–H and O–H groups in total. The second-order valence-corrected chi connectivity index (χ2v) is 7.98. The van der Waals surface area contributed by atoms with Crippen LogP contribution < -0.4 is 5.32 Å². The molecule has 0 saturated heterocycles. The SMILES string of the molecule is CC(=O)NCCc1ccc(C2=NCC(c3cc(Cl)cc(Cl)c3)(C(F)(F)F)C2)cc1. The van der Waals surface area contributed by atoms with Crippen LogP contribution in [-0.2, 0) is 16.6 Å². The van der Waals surface area contributed by atoms with E-state index in [1.807, 2.05) is 12.1 Å². The van der Waals surface area contributed by atoms with Crippen molar-refractivity contribution in [3.05, 3.63) is 69.2 Å². The fraction of sp³-hybridized carbons (Fsp3) is 0.333. The van der Waals surface area contributed by atoms with Crippen molar-refractivity contribution in [2.75, 3.05) is 13.1 Å². The Balaban J connectivity index is 1.82. The fourth-order valence-electron chi connectivity index (χ4n) is 3.45. The molecule has 1 heterocycles. The molecule has 0 aromatic heterocycles. The van der Waals surface area contributed by atoms with Gasteiger partial charge in [-0.05, 0) is 41.3 Å². The molecular weight excluding hydrogens is 424 g/mol. The molecule has 0 radical (unpaired) electrons. The summed E-state index contributed by atoms with van der Waals surface area (Å²) in [6.45, 7) is 1.54. The van der Waals surface area contributed by atoms with Gasteiger partial charge in [0, 0.05) is 35.6 Å². The molecule has 154 valence electrons. The van der Waals surface area contributed by atoms with Crippen molar-refractivity contribution in [1.82, 2.24) is 5.32 Å². The van der Waals surface area contributed by atoms with E-state index >= 15 is 0 Å². The van der Waals surface area contributed by atoms with Crippen LogP contribution in [0.2, 0.25) is 10.0 Å². The summed E-state index contributed by atoms with van der Waals surface area (Å²) in [5, 5.41) is 3.03. The summed E-state index contributed by atoms with van der Waals surface area (Å²) in [6.07, 6.45) is -4.15. The quantitative estimate of drug-likeness (QED) is 0.664. The number of benzene rings is 2. The van der Waals surface area contributed by atoms with Gasteiger partial charge in [-0.25, -0.2) is 0 Å². The first kappa shape index (κ1) is 21.7. The van der Waals surface area contributed by atoms with Crippen LogP contribution in [0.5, 0.6) is 0 Å². The summed E-state index contributed by atoms with van der Waals surface area (Å²) in [4.78, 5) is 15.2. The van der Waals surface area contributed by atoms with Crippen molar-refractivity contribution in [2.24, 2.45) is 4.99 Å². The number of rotatable bonds is 5. The Hall–Kier alpha value is -2.05. The van der Waals surface area contributed by atoms with Crippen molar-refractivity contribution in [2.45, 2.75) is 31.4 Å². The molecule has 29 heavy (non-hydrogen) atoms. The molecule has 0 bridgehead atoms. The molecule has 2 aromatic rings. The van der Waals surface area contributed by atoms with Crippen LogP contribution in [0.15, 0.2) is 47.5 Å². The number of amides is 1. The van der Waals surface area contributed by atoms with E-state index in [0.717, 1.165) is 5.56 Å². The molecule has 0 fully saturated rings. The highest BCUT2D eigenvalue weighted by molar-refractivity contribution is 6.34. The number of halogens is 5. The molecule has 1 aliphatic rings. The predicted molar refractivity (Wildman–Crippen MR) is 109 cm³/mol. The number of hydrogen-bond donors (Lipinski definition) is 1. The number of alkyl halides is 3. The minimum Gasteiger partial charge on any atom is -0.356 e. The third-order valence-corrected chi connectivity index (χ3v) is 5.48. The molecule has 2 aromatic carbocycles. The molecule has 8 heteroatoms. The van der Waals surface area contributed by atoms with Crippen LogP contribution in [0.3, 0.4) is 0 Å². The van der Waals surface area contributed by atoms with Crippen LogP contribution in [0.1, 0.15) is 30.0 Å². The highest BCUT2D eigenvalue weighted by Gasteiger charge is 2.58. The summed E-state index contributed by atoms with van der Waals surface area (Å²) in [6, 6.07) is 11.2. The molecule has 0 spiro atoms. The summed E-state index contributed by atoms with van der Waals surface area (Å²) in [5.74, 6) is -0.105. The van der Waals surface area contributed by atoms with E-state index in [0.29, 0.717) is 24.2 Å². The average Bonchev–Trinajstić information content (AvgIpc) is 3.08. The smallest absolute Gasteiger partial charge is 0.356 e. The minimum atomic E-state index is -4.51. The number of carbonyl (C=O) groups excluding carboxylic acids is 1. The Kier molecular flexibility index (Phi) is 6.24. The highest BCUT2D eigenvalue weighted by atomic mass is 35.5. The molecule has 1 atom stereocenters. The number of carbonyl (C=O) groups is 1. The van der Waals surface area contributed by atoms with Gasteiger partial charge < -0.3 is 5.32 Å². The maximum atomic E-state index is 14.1. The maximum Gasteiger partial charge on any atom is 0.400 e. The third kappa shape index (κ3) is 4.75. The van der Waals surface area contributed by atoms with Gasteiger partial charge in [-0.2, -0.15) is 13.2 Å². The molecule has 0 aliphatic carbocycles. The highest BCUT2D eigenvalue weighted by Crippen LogP contribution is 2.48. The predicted octanol–water partition coefficient (Wildman–Crippen LogP) is 5.37. The van der Waals surface area contributed by atoms with Crippen molar-refractivity contribution in [3.8, 4) is 0 Å². The van der Waals surface area contributed by atoms with Gasteiger partial charge in [-0.1, -0.05) is 47.5 Å². The average molecular weight is 443 g/mol. The molecule has 0 saturated carbocycles. The molecule has 1 aliphatic heterocycles. The first-order chi connectivity index (χ1) is 13.6. The first-order valence-electron chi connectivity index (χ1n) is 9.01. The lowest BCUT2D eigenvalue weighted by Gasteiger charge is -2.31. The lowest BCUT2D eigenvalue weighted by Crippen LogP contribution is -2.43. The number of aliphatic imine (C=N–C) groups is 1. The summed E-state index contributed by atoms with van der Waals surface area (Å²) in [5.41, 5.74) is -0.113. The van der Waals surface area contributed by atoms with Crippen LogP contribution in [0.4, 0.5) is 13.2 Å². The van der Waals surface area contributed by atoms with E-state index in [1.54, 1.807) is 12.1 Å². The maximum absolute atomic E-state index is 14.1. The van der Waals surface area contributed by atoms with Crippen molar-refractivity contribution >= 4 is 34.8 Å².